The first-order valence-corrected chi connectivity index (χ1v) is 9.99. The first-order valence-electron chi connectivity index (χ1n) is 9.11. The molecule has 3 aromatic rings. The summed E-state index contributed by atoms with van der Waals surface area (Å²) in [5.41, 5.74) is 1.31. The fourth-order valence-corrected chi connectivity index (χ4v) is 3.88. The molecule has 2 atom stereocenters. The molecule has 3 aromatic carbocycles. The van der Waals surface area contributed by atoms with Crippen LogP contribution in [0.5, 0.6) is 0 Å². The highest BCUT2D eigenvalue weighted by Crippen LogP contribution is 2.27. The lowest BCUT2D eigenvalue weighted by atomic mass is 10.1. The van der Waals surface area contributed by atoms with Crippen LogP contribution in [0.15, 0.2) is 77.7 Å². The highest BCUT2D eigenvalue weighted by Gasteiger charge is 2.16. The normalized spacial score (nSPS) is 13.3. The van der Waals surface area contributed by atoms with Gasteiger partial charge in [0.05, 0.1) is 5.25 Å². The Morgan fingerprint density at radius 1 is 0.923 bits per heavy atom. The van der Waals surface area contributed by atoms with E-state index in [0.717, 1.165) is 17.7 Å². The Balaban J connectivity index is 1.51. The second kappa shape index (κ2) is 8.91. The Morgan fingerprint density at radius 3 is 2.38 bits per heavy atom. The minimum atomic E-state index is -0.115. The van der Waals surface area contributed by atoms with Crippen molar-refractivity contribution in [2.45, 2.75) is 42.9 Å². The lowest BCUT2D eigenvalue weighted by Gasteiger charge is -2.17. The standard InChI is InChI=1S/C23H25NOS/c1-17(12-13-19-8-4-3-5-9-19)24-23(25)18(2)26-22-15-14-20-10-6-7-11-21(20)16-22/h3-11,14-18H,12-13H2,1-2H3,(H,24,25)/t17-,18-/m1/s1. The summed E-state index contributed by atoms with van der Waals surface area (Å²) >= 11 is 1.61. The average Bonchev–Trinajstić information content (AvgIpc) is 2.67. The molecule has 0 unspecified atom stereocenters. The van der Waals surface area contributed by atoms with Gasteiger partial charge in [-0.1, -0.05) is 60.7 Å². The van der Waals surface area contributed by atoms with E-state index in [4.69, 9.17) is 0 Å². The Bertz CT molecular complexity index is 862. The maximum atomic E-state index is 12.5. The fourth-order valence-electron chi connectivity index (χ4n) is 2.96. The molecule has 1 amide bonds. The van der Waals surface area contributed by atoms with E-state index in [1.807, 2.05) is 25.1 Å². The van der Waals surface area contributed by atoms with Crippen molar-refractivity contribution in [1.82, 2.24) is 5.32 Å². The number of carbonyl (C=O) groups is 1. The van der Waals surface area contributed by atoms with Crippen LogP contribution in [0.25, 0.3) is 10.8 Å². The number of fused-ring (bicyclic) bond motifs is 1. The molecule has 0 spiro atoms. The molecular formula is C23H25NOS. The molecule has 0 radical (unpaired) electrons. The van der Waals surface area contributed by atoms with Crippen LogP contribution in [0.4, 0.5) is 0 Å². The van der Waals surface area contributed by atoms with Gasteiger partial charge in [0.15, 0.2) is 0 Å². The summed E-state index contributed by atoms with van der Waals surface area (Å²) in [5, 5.41) is 5.47. The van der Waals surface area contributed by atoms with Crippen LogP contribution < -0.4 is 5.32 Å². The Labute approximate surface area is 160 Å². The zero-order chi connectivity index (χ0) is 18.4. The maximum Gasteiger partial charge on any atom is 0.233 e. The van der Waals surface area contributed by atoms with Crippen LogP contribution in [0, 0.1) is 0 Å². The lowest BCUT2D eigenvalue weighted by molar-refractivity contribution is -0.120. The molecule has 0 aromatic heterocycles. The van der Waals surface area contributed by atoms with Crippen molar-refractivity contribution < 1.29 is 4.79 Å². The molecule has 3 rings (SSSR count). The number of nitrogens with one attached hydrogen (secondary N) is 1. The van der Waals surface area contributed by atoms with Crippen LogP contribution in [-0.2, 0) is 11.2 Å². The van der Waals surface area contributed by atoms with Crippen molar-refractivity contribution >= 4 is 28.4 Å². The second-order valence-electron chi connectivity index (χ2n) is 6.70. The first kappa shape index (κ1) is 18.5. The van der Waals surface area contributed by atoms with E-state index in [1.54, 1.807) is 11.8 Å². The number of hydrogen-bond acceptors (Lipinski definition) is 2. The van der Waals surface area contributed by atoms with Gasteiger partial charge in [-0.05, 0) is 55.2 Å². The fraction of sp³-hybridized carbons (Fsp3) is 0.261. The third-order valence-electron chi connectivity index (χ3n) is 4.50. The number of hydrogen-bond donors (Lipinski definition) is 1. The Kier molecular flexibility index (Phi) is 6.35. The van der Waals surface area contributed by atoms with Gasteiger partial charge in [0, 0.05) is 10.9 Å². The summed E-state index contributed by atoms with van der Waals surface area (Å²) in [6.45, 7) is 4.05. The topological polar surface area (TPSA) is 29.1 Å². The Morgan fingerprint density at radius 2 is 1.62 bits per heavy atom. The first-order chi connectivity index (χ1) is 12.6. The number of rotatable bonds is 7. The van der Waals surface area contributed by atoms with Gasteiger partial charge >= 0.3 is 0 Å². The van der Waals surface area contributed by atoms with Gasteiger partial charge in [-0.2, -0.15) is 0 Å². The quantitative estimate of drug-likeness (QED) is 0.565. The summed E-state index contributed by atoms with van der Waals surface area (Å²) in [7, 11) is 0. The van der Waals surface area contributed by atoms with Crippen molar-refractivity contribution in [3.63, 3.8) is 0 Å². The minimum Gasteiger partial charge on any atom is -0.353 e. The van der Waals surface area contributed by atoms with Crippen molar-refractivity contribution in [3.8, 4) is 0 Å². The van der Waals surface area contributed by atoms with Crippen LogP contribution >= 0.6 is 11.8 Å². The molecular weight excluding hydrogens is 338 g/mol. The molecule has 26 heavy (non-hydrogen) atoms. The molecule has 0 fully saturated rings. The molecule has 0 saturated heterocycles. The number of aryl methyl sites for hydroxylation is 1. The molecule has 0 aliphatic rings. The molecule has 134 valence electrons. The van der Waals surface area contributed by atoms with Gasteiger partial charge in [-0.3, -0.25) is 4.79 Å². The second-order valence-corrected chi connectivity index (χ2v) is 8.12. The van der Waals surface area contributed by atoms with Crippen LogP contribution in [0.1, 0.15) is 25.8 Å². The van der Waals surface area contributed by atoms with E-state index in [2.05, 4.69) is 66.8 Å². The van der Waals surface area contributed by atoms with Crippen molar-refractivity contribution in [2.75, 3.05) is 0 Å². The number of thioether (sulfide) groups is 1. The molecule has 3 heteroatoms. The number of benzene rings is 3. The average molecular weight is 364 g/mol. The lowest BCUT2D eigenvalue weighted by Crippen LogP contribution is -2.37. The highest BCUT2D eigenvalue weighted by atomic mass is 32.2. The molecule has 0 bridgehead atoms. The van der Waals surface area contributed by atoms with Gasteiger partial charge in [-0.15, -0.1) is 11.8 Å². The van der Waals surface area contributed by atoms with Crippen LogP contribution in [0.2, 0.25) is 0 Å². The number of amides is 1. The molecule has 1 N–H and O–H groups in total. The van der Waals surface area contributed by atoms with Gasteiger partial charge < -0.3 is 5.32 Å². The summed E-state index contributed by atoms with van der Waals surface area (Å²) in [6, 6.07) is 25.2. The predicted octanol–water partition coefficient (Wildman–Crippen LogP) is 5.46. The van der Waals surface area contributed by atoms with E-state index in [1.165, 1.54) is 16.3 Å². The number of carbonyl (C=O) groups excluding carboxylic acids is 1. The van der Waals surface area contributed by atoms with Crippen molar-refractivity contribution in [1.29, 1.82) is 0 Å². The van der Waals surface area contributed by atoms with Gasteiger partial charge in [0.25, 0.3) is 0 Å². The molecule has 2 nitrogen and oxygen atoms in total. The van der Waals surface area contributed by atoms with E-state index in [0.29, 0.717) is 0 Å². The molecule has 0 aliphatic carbocycles. The van der Waals surface area contributed by atoms with E-state index in [-0.39, 0.29) is 17.2 Å². The summed E-state index contributed by atoms with van der Waals surface area (Å²) in [4.78, 5) is 13.6. The van der Waals surface area contributed by atoms with Crippen molar-refractivity contribution in [2.24, 2.45) is 0 Å². The zero-order valence-corrected chi connectivity index (χ0v) is 16.1. The highest BCUT2D eigenvalue weighted by molar-refractivity contribution is 8.00. The van der Waals surface area contributed by atoms with Crippen molar-refractivity contribution in [3.05, 3.63) is 78.4 Å². The van der Waals surface area contributed by atoms with E-state index < -0.39 is 0 Å². The monoisotopic (exact) mass is 363 g/mol. The third kappa shape index (κ3) is 5.12. The minimum absolute atomic E-state index is 0.101. The Hall–Kier alpha value is -2.26. The molecule has 0 aliphatic heterocycles. The summed E-state index contributed by atoms with van der Waals surface area (Å²) in [5.74, 6) is 0.101. The van der Waals surface area contributed by atoms with Gasteiger partial charge in [-0.25, -0.2) is 0 Å². The SMILES string of the molecule is C[C@H](CCc1ccccc1)NC(=O)[C@@H](C)Sc1ccc2ccccc2c1. The van der Waals surface area contributed by atoms with E-state index in [9.17, 15) is 4.79 Å². The largest absolute Gasteiger partial charge is 0.353 e. The molecule has 0 saturated carbocycles. The van der Waals surface area contributed by atoms with E-state index >= 15 is 0 Å². The maximum absolute atomic E-state index is 12.5. The van der Waals surface area contributed by atoms with Crippen LogP contribution in [-0.4, -0.2) is 17.2 Å². The third-order valence-corrected chi connectivity index (χ3v) is 5.59. The van der Waals surface area contributed by atoms with Gasteiger partial charge in [0.2, 0.25) is 5.91 Å². The summed E-state index contributed by atoms with van der Waals surface area (Å²) < 4.78 is 0. The predicted molar refractivity (Wildman–Crippen MR) is 112 cm³/mol. The zero-order valence-electron chi connectivity index (χ0n) is 15.3. The molecule has 0 heterocycles. The summed E-state index contributed by atoms with van der Waals surface area (Å²) in [6.07, 6.45) is 1.93. The van der Waals surface area contributed by atoms with Crippen LogP contribution in [0.3, 0.4) is 0 Å². The smallest absolute Gasteiger partial charge is 0.233 e. The van der Waals surface area contributed by atoms with Gasteiger partial charge in [0.1, 0.15) is 0 Å².